The monoisotopic (exact) mass is 354 g/mol. The smallest absolute Gasteiger partial charge is 0.260 e. The quantitative estimate of drug-likeness (QED) is 0.865. The van der Waals surface area contributed by atoms with Gasteiger partial charge in [-0.3, -0.25) is 9.59 Å². The van der Waals surface area contributed by atoms with E-state index < -0.39 is 0 Å². The molecular formula is C21H26N2O3. The summed E-state index contributed by atoms with van der Waals surface area (Å²) in [7, 11) is 1.59. The molecule has 5 nitrogen and oxygen atoms in total. The Morgan fingerprint density at radius 1 is 0.962 bits per heavy atom. The topological polar surface area (TPSA) is 58.6 Å². The Hall–Kier alpha value is -2.82. The normalized spacial score (nSPS) is 10.3. The van der Waals surface area contributed by atoms with Crippen LogP contribution < -0.4 is 10.1 Å². The fraction of sp³-hybridized carbons (Fsp3) is 0.333. The van der Waals surface area contributed by atoms with Gasteiger partial charge in [0.05, 0.1) is 6.54 Å². The maximum absolute atomic E-state index is 12.2. The molecule has 5 heteroatoms. The molecule has 2 rings (SSSR count). The first-order valence-electron chi connectivity index (χ1n) is 8.58. The molecule has 0 radical (unpaired) electrons. The molecule has 2 aromatic rings. The second-order valence-electron chi connectivity index (χ2n) is 6.53. The molecule has 0 heterocycles. The number of aryl methyl sites for hydroxylation is 2. The predicted molar refractivity (Wildman–Crippen MR) is 104 cm³/mol. The van der Waals surface area contributed by atoms with Crippen LogP contribution >= 0.6 is 0 Å². The molecule has 0 fully saturated rings. The highest BCUT2D eigenvalue weighted by molar-refractivity contribution is 5.95. The second kappa shape index (κ2) is 8.52. The van der Waals surface area contributed by atoms with Crippen LogP contribution in [0.1, 0.15) is 22.3 Å². The van der Waals surface area contributed by atoms with Crippen LogP contribution in [0.15, 0.2) is 36.4 Å². The zero-order chi connectivity index (χ0) is 19.3. The Balaban J connectivity index is 1.89. The first-order valence-corrected chi connectivity index (χ1v) is 8.58. The summed E-state index contributed by atoms with van der Waals surface area (Å²) in [5.74, 6) is 0.204. The maximum Gasteiger partial charge on any atom is 0.260 e. The number of ether oxygens (including phenoxy) is 1. The number of anilines is 1. The number of likely N-dealkylation sites (N-methyl/N-ethyl adjacent to an activating group) is 1. The molecule has 0 atom stereocenters. The number of carbonyl (C=O) groups is 2. The van der Waals surface area contributed by atoms with Crippen molar-refractivity contribution in [3.05, 3.63) is 58.7 Å². The zero-order valence-corrected chi connectivity index (χ0v) is 16.1. The van der Waals surface area contributed by atoms with Gasteiger partial charge in [-0.15, -0.1) is 0 Å². The third-order valence-corrected chi connectivity index (χ3v) is 4.59. The van der Waals surface area contributed by atoms with Gasteiger partial charge in [-0.1, -0.05) is 24.3 Å². The predicted octanol–water partition coefficient (Wildman–Crippen LogP) is 3.40. The van der Waals surface area contributed by atoms with Gasteiger partial charge in [0, 0.05) is 12.7 Å². The number of benzene rings is 2. The number of nitrogens with one attached hydrogen (secondary N) is 1. The average Bonchev–Trinajstić information content (AvgIpc) is 2.60. The summed E-state index contributed by atoms with van der Waals surface area (Å²) in [6.07, 6.45) is 0. The highest BCUT2D eigenvalue weighted by atomic mass is 16.5. The Labute approximate surface area is 155 Å². The Morgan fingerprint density at radius 2 is 1.58 bits per heavy atom. The summed E-state index contributed by atoms with van der Waals surface area (Å²) >= 11 is 0. The number of rotatable bonds is 6. The van der Waals surface area contributed by atoms with Crippen molar-refractivity contribution in [2.45, 2.75) is 27.7 Å². The molecular weight excluding hydrogens is 328 g/mol. The van der Waals surface area contributed by atoms with Crippen molar-refractivity contribution in [3.63, 3.8) is 0 Å². The summed E-state index contributed by atoms with van der Waals surface area (Å²) in [6, 6.07) is 11.5. The van der Waals surface area contributed by atoms with E-state index >= 15 is 0 Å². The van der Waals surface area contributed by atoms with E-state index in [0.717, 1.165) is 27.9 Å². The van der Waals surface area contributed by atoms with Gasteiger partial charge < -0.3 is 15.0 Å². The maximum atomic E-state index is 12.2. The van der Waals surface area contributed by atoms with Gasteiger partial charge in [0.25, 0.3) is 5.91 Å². The van der Waals surface area contributed by atoms with Crippen molar-refractivity contribution in [2.24, 2.45) is 0 Å². The van der Waals surface area contributed by atoms with Gasteiger partial charge in [0.15, 0.2) is 6.61 Å². The van der Waals surface area contributed by atoms with E-state index in [9.17, 15) is 9.59 Å². The lowest BCUT2D eigenvalue weighted by Gasteiger charge is -2.18. The molecule has 2 amide bonds. The van der Waals surface area contributed by atoms with Crippen LogP contribution in [0.25, 0.3) is 0 Å². The minimum absolute atomic E-state index is 0.0254. The SMILES string of the molecule is Cc1cccc(NC(=O)CN(C)C(=O)COc2cccc(C)c2C)c1C. The summed E-state index contributed by atoms with van der Waals surface area (Å²) in [4.78, 5) is 25.8. The van der Waals surface area contributed by atoms with E-state index in [1.54, 1.807) is 7.05 Å². The standard InChI is InChI=1S/C21H26N2O3/c1-14-8-6-10-18(16(14)3)22-20(24)12-23(5)21(25)13-26-19-11-7-9-15(2)17(19)4/h6-11H,12-13H2,1-5H3,(H,22,24). The Kier molecular flexibility index (Phi) is 6.39. The van der Waals surface area contributed by atoms with E-state index in [0.29, 0.717) is 5.75 Å². The molecule has 0 bridgehead atoms. The van der Waals surface area contributed by atoms with Crippen molar-refractivity contribution in [1.29, 1.82) is 0 Å². The van der Waals surface area contributed by atoms with E-state index in [-0.39, 0.29) is 25.0 Å². The van der Waals surface area contributed by atoms with Crippen LogP contribution in [0, 0.1) is 27.7 Å². The lowest BCUT2D eigenvalue weighted by Crippen LogP contribution is -2.37. The molecule has 0 saturated heterocycles. The molecule has 0 aromatic heterocycles. The van der Waals surface area contributed by atoms with Crippen LogP contribution in [0.2, 0.25) is 0 Å². The second-order valence-corrected chi connectivity index (χ2v) is 6.53. The van der Waals surface area contributed by atoms with Crippen molar-refractivity contribution >= 4 is 17.5 Å². The average molecular weight is 354 g/mol. The number of amides is 2. The molecule has 0 spiro atoms. The van der Waals surface area contributed by atoms with E-state index in [1.165, 1.54) is 4.90 Å². The number of hydrogen-bond donors (Lipinski definition) is 1. The molecule has 0 unspecified atom stereocenters. The van der Waals surface area contributed by atoms with Crippen molar-refractivity contribution in [3.8, 4) is 5.75 Å². The minimum Gasteiger partial charge on any atom is -0.483 e. The van der Waals surface area contributed by atoms with E-state index in [4.69, 9.17) is 4.74 Å². The van der Waals surface area contributed by atoms with Crippen molar-refractivity contribution < 1.29 is 14.3 Å². The lowest BCUT2D eigenvalue weighted by molar-refractivity contribution is -0.135. The van der Waals surface area contributed by atoms with Gasteiger partial charge >= 0.3 is 0 Å². The Bertz CT molecular complexity index is 815. The van der Waals surface area contributed by atoms with Crippen molar-refractivity contribution in [2.75, 3.05) is 25.5 Å². The summed E-state index contributed by atoms with van der Waals surface area (Å²) in [6.45, 7) is 7.77. The first kappa shape index (κ1) is 19.5. The zero-order valence-electron chi connectivity index (χ0n) is 16.1. The fourth-order valence-electron chi connectivity index (χ4n) is 2.51. The van der Waals surface area contributed by atoms with Crippen LogP contribution in [0.4, 0.5) is 5.69 Å². The van der Waals surface area contributed by atoms with Gasteiger partial charge in [-0.25, -0.2) is 0 Å². The summed E-state index contributed by atoms with van der Waals surface area (Å²) in [5, 5.41) is 2.85. The lowest BCUT2D eigenvalue weighted by atomic mass is 10.1. The minimum atomic E-state index is -0.248. The van der Waals surface area contributed by atoms with Gasteiger partial charge in [-0.2, -0.15) is 0 Å². The largest absolute Gasteiger partial charge is 0.483 e. The molecule has 1 N–H and O–H groups in total. The summed E-state index contributed by atoms with van der Waals surface area (Å²) < 4.78 is 5.61. The first-order chi connectivity index (χ1) is 12.3. The molecule has 2 aromatic carbocycles. The van der Waals surface area contributed by atoms with Gasteiger partial charge in [0.2, 0.25) is 5.91 Å². The van der Waals surface area contributed by atoms with Gasteiger partial charge in [-0.05, 0) is 62.1 Å². The highest BCUT2D eigenvalue weighted by Crippen LogP contribution is 2.20. The van der Waals surface area contributed by atoms with E-state index in [1.807, 2.05) is 64.1 Å². The van der Waals surface area contributed by atoms with E-state index in [2.05, 4.69) is 5.32 Å². The highest BCUT2D eigenvalue weighted by Gasteiger charge is 2.15. The molecule has 138 valence electrons. The van der Waals surface area contributed by atoms with Crippen molar-refractivity contribution in [1.82, 2.24) is 4.90 Å². The molecule has 0 saturated carbocycles. The molecule has 0 aliphatic heterocycles. The number of nitrogens with zero attached hydrogens (tertiary/aromatic N) is 1. The summed E-state index contributed by atoms with van der Waals surface area (Å²) in [5.41, 5.74) is 5.01. The van der Waals surface area contributed by atoms with Crippen LogP contribution in [0.5, 0.6) is 5.75 Å². The third-order valence-electron chi connectivity index (χ3n) is 4.59. The molecule has 26 heavy (non-hydrogen) atoms. The number of carbonyl (C=O) groups excluding carboxylic acids is 2. The van der Waals surface area contributed by atoms with Crippen LogP contribution in [0.3, 0.4) is 0 Å². The van der Waals surface area contributed by atoms with Crippen LogP contribution in [-0.4, -0.2) is 36.9 Å². The fourth-order valence-corrected chi connectivity index (χ4v) is 2.51. The van der Waals surface area contributed by atoms with Gasteiger partial charge in [0.1, 0.15) is 5.75 Å². The molecule has 0 aliphatic rings. The Morgan fingerprint density at radius 3 is 2.27 bits per heavy atom. The van der Waals surface area contributed by atoms with Crippen LogP contribution in [-0.2, 0) is 9.59 Å². The molecule has 0 aliphatic carbocycles. The third kappa shape index (κ3) is 4.85. The number of hydrogen-bond acceptors (Lipinski definition) is 3.